The number of unbranched alkanes of at least 4 members (excludes halogenated alkanes) is 2. The van der Waals surface area contributed by atoms with Crippen molar-refractivity contribution in [3.05, 3.63) is 24.3 Å². The number of anilines is 1. The summed E-state index contributed by atoms with van der Waals surface area (Å²) in [4.78, 5) is 3.79. The number of hydrogen-bond acceptors (Lipinski definition) is 4. The van der Waals surface area contributed by atoms with Crippen molar-refractivity contribution < 1.29 is 0 Å². The van der Waals surface area contributed by atoms with Gasteiger partial charge in [-0.3, -0.25) is 5.14 Å². The van der Waals surface area contributed by atoms with E-state index in [4.69, 9.17) is 5.14 Å². The van der Waals surface area contributed by atoms with Crippen LogP contribution < -0.4 is 10.0 Å². The van der Waals surface area contributed by atoms with Crippen LogP contribution in [0.4, 0.5) is 5.69 Å². The highest BCUT2D eigenvalue weighted by Gasteiger charge is 2.28. The summed E-state index contributed by atoms with van der Waals surface area (Å²) < 4.78 is 0.356. The summed E-state index contributed by atoms with van der Waals surface area (Å²) in [6.45, 7) is 3.36. The summed E-state index contributed by atoms with van der Waals surface area (Å²) in [6, 6.07) is 8.59. The van der Waals surface area contributed by atoms with Crippen molar-refractivity contribution in [1.82, 2.24) is 0 Å². The van der Waals surface area contributed by atoms with Gasteiger partial charge in [-0.25, -0.2) is 0 Å². The Hall–Kier alpha value is -0.320. The smallest absolute Gasteiger partial charge is 0.140 e. The van der Waals surface area contributed by atoms with Gasteiger partial charge in [0.25, 0.3) is 0 Å². The molecule has 0 radical (unpaired) electrons. The molecule has 0 spiro atoms. The third-order valence-corrected chi connectivity index (χ3v) is 4.94. The highest BCUT2D eigenvalue weighted by atomic mass is 32.2. The van der Waals surface area contributed by atoms with Crippen molar-refractivity contribution in [3.8, 4) is 0 Å². The van der Waals surface area contributed by atoms with E-state index >= 15 is 0 Å². The van der Waals surface area contributed by atoms with Gasteiger partial charge in [0.05, 0.1) is 5.69 Å². The van der Waals surface area contributed by atoms with Gasteiger partial charge in [0.2, 0.25) is 0 Å². The molecule has 0 bridgehead atoms. The fourth-order valence-electron chi connectivity index (χ4n) is 1.94. The third kappa shape index (κ3) is 2.50. The molecule has 0 saturated heterocycles. The molecule has 1 aliphatic heterocycles. The lowest BCUT2D eigenvalue weighted by atomic mass is 10.2. The Morgan fingerprint density at radius 1 is 1.38 bits per heavy atom. The maximum Gasteiger partial charge on any atom is 0.140 e. The number of rotatable bonds is 5. The van der Waals surface area contributed by atoms with Gasteiger partial charge >= 0.3 is 0 Å². The molecule has 2 nitrogen and oxygen atoms in total. The Kier molecular flexibility index (Phi) is 4.44. The molecule has 4 heteroatoms. The zero-order valence-corrected chi connectivity index (χ0v) is 11.2. The van der Waals surface area contributed by atoms with E-state index in [2.05, 4.69) is 36.1 Å². The lowest BCUT2D eigenvalue weighted by Crippen LogP contribution is -2.28. The van der Waals surface area contributed by atoms with Crippen LogP contribution in [0.3, 0.4) is 0 Å². The Bertz CT molecular complexity index is 344. The summed E-state index contributed by atoms with van der Waals surface area (Å²) in [7, 11) is 0. The second kappa shape index (κ2) is 5.84. The topological polar surface area (TPSA) is 29.3 Å². The quantitative estimate of drug-likeness (QED) is 0.641. The second-order valence-electron chi connectivity index (χ2n) is 3.93. The van der Waals surface area contributed by atoms with Crippen LogP contribution in [0, 0.1) is 0 Å². The van der Waals surface area contributed by atoms with Crippen LogP contribution in [0.25, 0.3) is 0 Å². The minimum Gasteiger partial charge on any atom is -0.349 e. The molecule has 1 aromatic rings. The number of nitrogens with two attached hydrogens (primary N) is 1. The highest BCUT2D eigenvalue weighted by molar-refractivity contribution is 8.16. The van der Waals surface area contributed by atoms with Crippen molar-refractivity contribution in [2.45, 2.75) is 35.8 Å². The average molecular weight is 254 g/mol. The maximum atomic E-state index is 5.76. The third-order valence-electron chi connectivity index (χ3n) is 2.78. The van der Waals surface area contributed by atoms with Gasteiger partial charge in [-0.2, -0.15) is 0 Å². The van der Waals surface area contributed by atoms with Crippen LogP contribution in [0.5, 0.6) is 0 Å². The van der Waals surface area contributed by atoms with Crippen LogP contribution in [0.15, 0.2) is 29.2 Å². The van der Waals surface area contributed by atoms with Gasteiger partial charge in [0, 0.05) is 11.4 Å². The number of hydrogen-bond donors (Lipinski definition) is 1. The van der Waals surface area contributed by atoms with Crippen LogP contribution in [0.1, 0.15) is 26.2 Å². The van der Waals surface area contributed by atoms with E-state index in [1.165, 1.54) is 41.8 Å². The van der Waals surface area contributed by atoms with Gasteiger partial charge in [0.1, 0.15) is 4.71 Å². The summed E-state index contributed by atoms with van der Waals surface area (Å²) in [5.74, 6) is 0. The molecule has 0 fully saturated rings. The number of para-hydroxylation sites is 1. The normalized spacial score (nSPS) is 18.9. The molecule has 0 saturated carbocycles. The highest BCUT2D eigenvalue weighted by Crippen LogP contribution is 2.46. The van der Waals surface area contributed by atoms with Gasteiger partial charge in [0.15, 0.2) is 0 Å². The molecule has 1 aromatic carbocycles. The lowest BCUT2D eigenvalue weighted by molar-refractivity contribution is 0.696. The molecule has 0 amide bonds. The number of thioether (sulfide) groups is 1. The Labute approximate surface area is 106 Å². The SMILES string of the molecule is CCCCCN1c2ccccc2SC1SN. The number of benzene rings is 1. The summed E-state index contributed by atoms with van der Waals surface area (Å²) in [6.07, 6.45) is 3.82. The molecule has 2 N–H and O–H groups in total. The summed E-state index contributed by atoms with van der Waals surface area (Å²) >= 11 is 3.31. The van der Waals surface area contributed by atoms with Gasteiger partial charge in [-0.15, -0.1) is 0 Å². The van der Waals surface area contributed by atoms with E-state index in [0.717, 1.165) is 6.54 Å². The van der Waals surface area contributed by atoms with Gasteiger partial charge in [-0.1, -0.05) is 43.7 Å². The summed E-state index contributed by atoms with van der Waals surface area (Å²) in [5, 5.41) is 5.76. The monoisotopic (exact) mass is 254 g/mol. The molecule has 1 heterocycles. The van der Waals surface area contributed by atoms with Crippen molar-refractivity contribution in [1.29, 1.82) is 0 Å². The van der Waals surface area contributed by atoms with Crippen LogP contribution in [-0.4, -0.2) is 11.3 Å². The van der Waals surface area contributed by atoms with Gasteiger partial charge < -0.3 is 4.90 Å². The largest absolute Gasteiger partial charge is 0.349 e. The van der Waals surface area contributed by atoms with Crippen molar-refractivity contribution in [3.63, 3.8) is 0 Å². The van der Waals surface area contributed by atoms with Crippen molar-refractivity contribution in [2.24, 2.45) is 5.14 Å². The van der Waals surface area contributed by atoms with E-state index < -0.39 is 0 Å². The first kappa shape index (κ1) is 12.1. The van der Waals surface area contributed by atoms with E-state index in [-0.39, 0.29) is 0 Å². The fourth-order valence-corrected chi connectivity index (χ4v) is 3.86. The molecular formula is C12H18N2S2. The Morgan fingerprint density at radius 2 is 2.19 bits per heavy atom. The van der Waals surface area contributed by atoms with E-state index in [0.29, 0.717) is 4.71 Å². The molecule has 88 valence electrons. The van der Waals surface area contributed by atoms with Gasteiger partial charge in [-0.05, 0) is 30.5 Å². The Balaban J connectivity index is 2.08. The molecule has 1 aliphatic rings. The van der Waals surface area contributed by atoms with E-state index in [1.54, 1.807) is 0 Å². The first-order chi connectivity index (χ1) is 7.86. The lowest BCUT2D eigenvalue weighted by Gasteiger charge is -2.24. The Morgan fingerprint density at radius 3 is 2.94 bits per heavy atom. The fraction of sp³-hybridized carbons (Fsp3) is 0.500. The van der Waals surface area contributed by atoms with Crippen molar-refractivity contribution >= 4 is 29.4 Å². The average Bonchev–Trinajstić information content (AvgIpc) is 2.68. The van der Waals surface area contributed by atoms with Crippen molar-refractivity contribution in [2.75, 3.05) is 11.4 Å². The van der Waals surface area contributed by atoms with Crippen LogP contribution in [0.2, 0.25) is 0 Å². The summed E-state index contributed by atoms with van der Waals surface area (Å²) in [5.41, 5.74) is 1.35. The molecule has 0 aliphatic carbocycles. The predicted molar refractivity (Wildman–Crippen MR) is 74.7 cm³/mol. The number of nitrogens with zero attached hydrogens (tertiary/aromatic N) is 1. The minimum absolute atomic E-state index is 0.356. The minimum atomic E-state index is 0.356. The molecule has 0 aromatic heterocycles. The van der Waals surface area contributed by atoms with Crippen LogP contribution >= 0.6 is 23.7 Å². The van der Waals surface area contributed by atoms with E-state index in [1.807, 2.05) is 11.8 Å². The molecular weight excluding hydrogens is 236 g/mol. The molecule has 1 atom stereocenters. The first-order valence-corrected chi connectivity index (χ1v) is 7.57. The first-order valence-electron chi connectivity index (χ1n) is 5.74. The zero-order valence-electron chi connectivity index (χ0n) is 9.56. The molecule has 1 unspecified atom stereocenters. The van der Waals surface area contributed by atoms with Crippen LogP contribution in [-0.2, 0) is 0 Å². The molecule has 16 heavy (non-hydrogen) atoms. The molecule has 2 rings (SSSR count). The predicted octanol–water partition coefficient (Wildman–Crippen LogP) is 3.68. The standard InChI is InChI=1S/C12H18N2S2/c1-2-3-6-9-14-10-7-4-5-8-11(10)15-12(14)16-13/h4-5,7-8,12H,2-3,6,9,13H2,1H3. The zero-order chi connectivity index (χ0) is 11.4. The second-order valence-corrected chi connectivity index (χ2v) is 6.07. The van der Waals surface area contributed by atoms with E-state index in [9.17, 15) is 0 Å². The number of fused-ring (bicyclic) bond motifs is 1. The maximum absolute atomic E-state index is 5.76.